The van der Waals surface area contributed by atoms with E-state index in [2.05, 4.69) is 20.6 Å². The molecule has 0 radical (unpaired) electrons. The Kier molecular flexibility index (Phi) is 4.21. The van der Waals surface area contributed by atoms with E-state index in [9.17, 15) is 16.8 Å². The molecule has 1 aromatic heterocycles. The Morgan fingerprint density at radius 2 is 1.52 bits per heavy atom. The number of nitrogens with zero attached hydrogens (tertiary/aromatic N) is 2. The maximum absolute atomic E-state index is 11.5. The molecule has 0 spiro atoms. The van der Waals surface area contributed by atoms with Crippen LogP contribution in [0.25, 0.3) is 0 Å². The minimum Gasteiger partial charge on any atom is -0.366 e. The van der Waals surface area contributed by atoms with Gasteiger partial charge in [0.05, 0.1) is 23.0 Å². The average Bonchev–Trinajstić information content (AvgIpc) is 2.91. The van der Waals surface area contributed by atoms with Gasteiger partial charge in [0.15, 0.2) is 19.7 Å². The van der Waals surface area contributed by atoms with Gasteiger partial charge in [-0.25, -0.2) is 21.8 Å². The van der Waals surface area contributed by atoms with Gasteiger partial charge in [0.2, 0.25) is 5.95 Å². The lowest BCUT2D eigenvalue weighted by Gasteiger charge is -2.15. The van der Waals surface area contributed by atoms with Crippen LogP contribution in [0.3, 0.4) is 0 Å². The molecule has 1 aromatic rings. The average molecular weight is 360 g/mol. The molecule has 2 atom stereocenters. The summed E-state index contributed by atoms with van der Waals surface area (Å²) in [4.78, 5) is 8.61. The van der Waals surface area contributed by atoms with Crippen molar-refractivity contribution in [1.82, 2.24) is 9.97 Å². The molecule has 23 heavy (non-hydrogen) atoms. The predicted octanol–water partition coefficient (Wildman–Crippen LogP) is -0.0170. The van der Waals surface area contributed by atoms with Gasteiger partial charge in [-0.3, -0.25) is 0 Å². The molecular formula is C13H20N4O4S2. The summed E-state index contributed by atoms with van der Waals surface area (Å²) in [6.45, 7) is 1.81. The van der Waals surface area contributed by atoms with Crippen molar-refractivity contribution in [2.75, 3.05) is 33.6 Å². The van der Waals surface area contributed by atoms with Crippen molar-refractivity contribution in [2.45, 2.75) is 31.8 Å². The van der Waals surface area contributed by atoms with E-state index >= 15 is 0 Å². The minimum atomic E-state index is -2.97. The highest BCUT2D eigenvalue weighted by atomic mass is 32.2. The van der Waals surface area contributed by atoms with Gasteiger partial charge < -0.3 is 10.6 Å². The van der Waals surface area contributed by atoms with Crippen molar-refractivity contribution in [3.63, 3.8) is 0 Å². The number of hydrogen-bond donors (Lipinski definition) is 2. The van der Waals surface area contributed by atoms with Crippen LogP contribution in [-0.4, -0.2) is 61.9 Å². The number of aryl methyl sites for hydroxylation is 1. The molecule has 128 valence electrons. The Morgan fingerprint density at radius 1 is 0.957 bits per heavy atom. The van der Waals surface area contributed by atoms with Crippen LogP contribution in [0.4, 0.5) is 11.8 Å². The van der Waals surface area contributed by atoms with Gasteiger partial charge in [-0.2, -0.15) is 4.98 Å². The summed E-state index contributed by atoms with van der Waals surface area (Å²) in [5.41, 5.74) is 0.728. The molecule has 2 unspecified atom stereocenters. The zero-order chi connectivity index (χ0) is 16.7. The summed E-state index contributed by atoms with van der Waals surface area (Å²) in [5, 5.41) is 6.19. The molecule has 0 bridgehead atoms. The fourth-order valence-electron chi connectivity index (χ4n) is 2.92. The molecule has 0 aromatic carbocycles. The maximum Gasteiger partial charge on any atom is 0.225 e. The first kappa shape index (κ1) is 16.4. The van der Waals surface area contributed by atoms with Gasteiger partial charge in [0, 0.05) is 23.8 Å². The van der Waals surface area contributed by atoms with E-state index in [0.717, 1.165) is 5.69 Å². The van der Waals surface area contributed by atoms with E-state index in [0.29, 0.717) is 24.6 Å². The number of anilines is 2. The van der Waals surface area contributed by atoms with Crippen LogP contribution >= 0.6 is 0 Å². The summed E-state index contributed by atoms with van der Waals surface area (Å²) < 4.78 is 46.0. The summed E-state index contributed by atoms with van der Waals surface area (Å²) >= 11 is 0. The molecule has 2 aliphatic heterocycles. The monoisotopic (exact) mass is 360 g/mol. The van der Waals surface area contributed by atoms with Gasteiger partial charge in [-0.05, 0) is 19.8 Å². The summed E-state index contributed by atoms with van der Waals surface area (Å²) in [7, 11) is -5.92. The zero-order valence-electron chi connectivity index (χ0n) is 12.8. The second kappa shape index (κ2) is 5.90. The fraction of sp³-hybridized carbons (Fsp3) is 0.692. The second-order valence-electron chi connectivity index (χ2n) is 6.21. The van der Waals surface area contributed by atoms with Crippen molar-refractivity contribution >= 4 is 31.4 Å². The molecule has 0 saturated carbocycles. The van der Waals surface area contributed by atoms with Crippen LogP contribution in [0.2, 0.25) is 0 Å². The third-order valence-corrected chi connectivity index (χ3v) is 7.54. The van der Waals surface area contributed by atoms with Crippen molar-refractivity contribution in [3.05, 3.63) is 11.8 Å². The standard InChI is InChI=1S/C13H20N4O4S2/c1-9-6-12(15-10-2-4-22(18,19)7-10)17-13(14-9)16-11-3-5-23(20,21)8-11/h6,10-11H,2-5,7-8H2,1H3,(H2,14,15,16,17). The lowest BCUT2D eigenvalue weighted by molar-refractivity contribution is 0.600. The van der Waals surface area contributed by atoms with Crippen LogP contribution < -0.4 is 10.6 Å². The first-order chi connectivity index (χ1) is 10.7. The summed E-state index contributed by atoms with van der Waals surface area (Å²) in [6, 6.07) is 1.43. The molecule has 10 heteroatoms. The normalized spacial score (nSPS) is 28.6. The lowest BCUT2D eigenvalue weighted by atomic mass is 10.2. The van der Waals surface area contributed by atoms with Crippen LogP contribution in [0.15, 0.2) is 6.07 Å². The van der Waals surface area contributed by atoms with Gasteiger partial charge in [0.25, 0.3) is 0 Å². The first-order valence-electron chi connectivity index (χ1n) is 7.50. The van der Waals surface area contributed by atoms with Gasteiger partial charge in [-0.1, -0.05) is 0 Å². The quantitative estimate of drug-likeness (QED) is 0.769. The Hall–Kier alpha value is -1.42. The highest BCUT2D eigenvalue weighted by molar-refractivity contribution is 7.91. The van der Waals surface area contributed by atoms with Crippen LogP contribution in [0.5, 0.6) is 0 Å². The van der Waals surface area contributed by atoms with E-state index < -0.39 is 19.7 Å². The van der Waals surface area contributed by atoms with Crippen molar-refractivity contribution < 1.29 is 16.8 Å². The number of aromatic nitrogens is 2. The number of nitrogens with one attached hydrogen (secondary N) is 2. The molecule has 2 fully saturated rings. The molecule has 0 aliphatic carbocycles. The number of sulfone groups is 2. The van der Waals surface area contributed by atoms with Crippen LogP contribution in [0, 0.1) is 6.92 Å². The van der Waals surface area contributed by atoms with Gasteiger partial charge in [-0.15, -0.1) is 0 Å². The molecule has 3 heterocycles. The van der Waals surface area contributed by atoms with Crippen molar-refractivity contribution in [3.8, 4) is 0 Å². The van der Waals surface area contributed by atoms with Gasteiger partial charge >= 0.3 is 0 Å². The zero-order valence-corrected chi connectivity index (χ0v) is 14.5. The SMILES string of the molecule is Cc1cc(NC2CCS(=O)(=O)C2)nc(NC2CCS(=O)(=O)C2)n1. The Bertz CT molecular complexity index is 743. The Labute approximate surface area is 135 Å². The van der Waals surface area contributed by atoms with E-state index in [1.807, 2.05) is 6.92 Å². The summed E-state index contributed by atoms with van der Waals surface area (Å²) in [6.07, 6.45) is 1.11. The van der Waals surface area contributed by atoms with Crippen molar-refractivity contribution in [2.24, 2.45) is 0 Å². The molecule has 3 rings (SSSR count). The number of rotatable bonds is 4. The van der Waals surface area contributed by atoms with E-state index in [-0.39, 0.29) is 35.1 Å². The number of hydrogen-bond acceptors (Lipinski definition) is 8. The fourth-order valence-corrected chi connectivity index (χ4v) is 6.26. The Balaban J connectivity index is 1.70. The highest BCUT2D eigenvalue weighted by Crippen LogP contribution is 2.20. The Morgan fingerprint density at radius 3 is 2.04 bits per heavy atom. The second-order valence-corrected chi connectivity index (χ2v) is 10.7. The maximum atomic E-state index is 11.5. The first-order valence-corrected chi connectivity index (χ1v) is 11.1. The highest BCUT2D eigenvalue weighted by Gasteiger charge is 2.29. The molecule has 2 aliphatic rings. The van der Waals surface area contributed by atoms with E-state index in [1.54, 1.807) is 6.07 Å². The molecule has 2 N–H and O–H groups in total. The predicted molar refractivity (Wildman–Crippen MR) is 88.1 cm³/mol. The van der Waals surface area contributed by atoms with E-state index in [4.69, 9.17) is 0 Å². The van der Waals surface area contributed by atoms with Gasteiger partial charge in [0.1, 0.15) is 5.82 Å². The van der Waals surface area contributed by atoms with E-state index in [1.165, 1.54) is 0 Å². The van der Waals surface area contributed by atoms with Crippen molar-refractivity contribution in [1.29, 1.82) is 0 Å². The largest absolute Gasteiger partial charge is 0.366 e. The summed E-state index contributed by atoms with van der Waals surface area (Å²) in [5.74, 6) is 1.51. The lowest BCUT2D eigenvalue weighted by Crippen LogP contribution is -2.24. The molecule has 8 nitrogen and oxygen atoms in total. The third kappa shape index (κ3) is 4.31. The third-order valence-electron chi connectivity index (χ3n) is 4.00. The van der Waals surface area contributed by atoms with Crippen LogP contribution in [-0.2, 0) is 19.7 Å². The molecule has 0 amide bonds. The molecule has 2 saturated heterocycles. The smallest absolute Gasteiger partial charge is 0.225 e. The van der Waals surface area contributed by atoms with Crippen LogP contribution in [0.1, 0.15) is 18.5 Å². The minimum absolute atomic E-state index is 0.0912. The topological polar surface area (TPSA) is 118 Å². The molecular weight excluding hydrogens is 340 g/mol.